The predicted octanol–water partition coefficient (Wildman–Crippen LogP) is 2.86. The molecule has 2 N–H and O–H groups in total. The van der Waals surface area contributed by atoms with Gasteiger partial charge in [0.05, 0.1) is 32.6 Å². The summed E-state index contributed by atoms with van der Waals surface area (Å²) in [4.78, 5) is 25.8. The molecular weight excluding hydrogens is 350 g/mol. The number of carbonyl (C=O) groups excluding carboxylic acids is 2. The van der Waals surface area contributed by atoms with Gasteiger partial charge in [0.25, 0.3) is 0 Å². The highest BCUT2D eigenvalue weighted by molar-refractivity contribution is 6.01. The first-order valence-corrected chi connectivity index (χ1v) is 8.73. The fourth-order valence-corrected chi connectivity index (χ4v) is 2.43. The number of furan rings is 1. The zero-order valence-corrected chi connectivity index (χ0v) is 15.8. The second-order valence-electron chi connectivity index (χ2n) is 5.78. The van der Waals surface area contributed by atoms with Gasteiger partial charge in [0.2, 0.25) is 5.91 Å². The van der Waals surface area contributed by atoms with E-state index in [-0.39, 0.29) is 6.54 Å². The SMILES string of the molecule is CCOc1ccc(NC(=O)NC(=O)CN(C)Cc2ccco2)cc1OCC. The fraction of sp³-hybridized carbons (Fsp3) is 0.368. The van der Waals surface area contributed by atoms with Gasteiger partial charge in [-0.3, -0.25) is 15.0 Å². The van der Waals surface area contributed by atoms with Crippen molar-refractivity contribution >= 4 is 17.6 Å². The molecule has 0 bridgehead atoms. The molecule has 8 nitrogen and oxygen atoms in total. The van der Waals surface area contributed by atoms with Crippen LogP contribution in [0.15, 0.2) is 41.0 Å². The number of carbonyl (C=O) groups is 2. The van der Waals surface area contributed by atoms with Gasteiger partial charge in [-0.1, -0.05) is 0 Å². The Morgan fingerprint density at radius 2 is 1.85 bits per heavy atom. The molecule has 1 heterocycles. The normalized spacial score (nSPS) is 10.5. The van der Waals surface area contributed by atoms with Crippen molar-refractivity contribution in [2.45, 2.75) is 20.4 Å². The molecule has 0 aliphatic rings. The number of hydrogen-bond acceptors (Lipinski definition) is 6. The molecule has 3 amide bonds. The maximum atomic E-state index is 12.0. The zero-order valence-electron chi connectivity index (χ0n) is 15.8. The third-order valence-corrected chi connectivity index (χ3v) is 3.47. The van der Waals surface area contributed by atoms with E-state index in [4.69, 9.17) is 13.9 Å². The Hall–Kier alpha value is -3.00. The van der Waals surface area contributed by atoms with Crippen LogP contribution in [0.4, 0.5) is 10.5 Å². The minimum absolute atomic E-state index is 0.0571. The first-order valence-electron chi connectivity index (χ1n) is 8.73. The number of benzene rings is 1. The molecule has 8 heteroatoms. The van der Waals surface area contributed by atoms with Crippen LogP contribution >= 0.6 is 0 Å². The summed E-state index contributed by atoms with van der Waals surface area (Å²) in [6.07, 6.45) is 1.57. The summed E-state index contributed by atoms with van der Waals surface area (Å²) in [5.41, 5.74) is 0.496. The van der Waals surface area contributed by atoms with Crippen LogP contribution in [0, 0.1) is 0 Å². The van der Waals surface area contributed by atoms with Crippen LogP contribution in [0.2, 0.25) is 0 Å². The highest BCUT2D eigenvalue weighted by Gasteiger charge is 2.13. The predicted molar refractivity (Wildman–Crippen MR) is 101 cm³/mol. The Kier molecular flexibility index (Phi) is 7.69. The van der Waals surface area contributed by atoms with E-state index < -0.39 is 11.9 Å². The van der Waals surface area contributed by atoms with Crippen molar-refractivity contribution in [3.05, 3.63) is 42.4 Å². The van der Waals surface area contributed by atoms with E-state index in [0.717, 1.165) is 5.76 Å². The van der Waals surface area contributed by atoms with Gasteiger partial charge in [0.1, 0.15) is 5.76 Å². The van der Waals surface area contributed by atoms with Crippen molar-refractivity contribution in [1.82, 2.24) is 10.2 Å². The summed E-state index contributed by atoms with van der Waals surface area (Å²) in [5.74, 6) is 1.45. The first-order chi connectivity index (χ1) is 13.0. The van der Waals surface area contributed by atoms with Crippen LogP contribution in [0.3, 0.4) is 0 Å². The van der Waals surface area contributed by atoms with Crippen LogP contribution in [0.25, 0.3) is 0 Å². The van der Waals surface area contributed by atoms with Crippen LogP contribution < -0.4 is 20.1 Å². The number of amides is 3. The number of rotatable bonds is 9. The van der Waals surface area contributed by atoms with Crippen LogP contribution in [0.1, 0.15) is 19.6 Å². The molecule has 2 rings (SSSR count). The Morgan fingerprint density at radius 3 is 2.52 bits per heavy atom. The number of anilines is 1. The van der Waals surface area contributed by atoms with Gasteiger partial charge in [-0.2, -0.15) is 0 Å². The van der Waals surface area contributed by atoms with Crippen molar-refractivity contribution in [2.24, 2.45) is 0 Å². The van der Waals surface area contributed by atoms with Crippen molar-refractivity contribution in [2.75, 3.05) is 32.1 Å². The largest absolute Gasteiger partial charge is 0.490 e. The van der Waals surface area contributed by atoms with E-state index in [1.54, 1.807) is 42.5 Å². The van der Waals surface area contributed by atoms with Gasteiger partial charge in [-0.05, 0) is 45.2 Å². The fourth-order valence-electron chi connectivity index (χ4n) is 2.43. The van der Waals surface area contributed by atoms with Gasteiger partial charge in [0, 0.05) is 11.8 Å². The molecule has 0 saturated heterocycles. The number of hydrogen-bond donors (Lipinski definition) is 2. The van der Waals surface area contributed by atoms with Crippen molar-refractivity contribution < 1.29 is 23.5 Å². The Balaban J connectivity index is 1.86. The maximum Gasteiger partial charge on any atom is 0.325 e. The minimum Gasteiger partial charge on any atom is -0.490 e. The van der Waals surface area contributed by atoms with E-state index in [1.807, 2.05) is 19.9 Å². The maximum absolute atomic E-state index is 12.0. The molecule has 2 aromatic rings. The molecule has 27 heavy (non-hydrogen) atoms. The summed E-state index contributed by atoms with van der Waals surface area (Å²) in [6, 6.07) is 8.04. The Morgan fingerprint density at radius 1 is 1.11 bits per heavy atom. The molecule has 0 aliphatic carbocycles. The third kappa shape index (κ3) is 6.67. The lowest BCUT2D eigenvalue weighted by atomic mass is 10.2. The molecule has 0 spiro atoms. The van der Waals surface area contributed by atoms with E-state index >= 15 is 0 Å². The second kappa shape index (κ2) is 10.2. The summed E-state index contributed by atoms with van der Waals surface area (Å²) in [7, 11) is 1.76. The zero-order chi connectivity index (χ0) is 19.6. The first kappa shape index (κ1) is 20.3. The number of ether oxygens (including phenoxy) is 2. The van der Waals surface area contributed by atoms with Gasteiger partial charge in [0.15, 0.2) is 11.5 Å². The molecule has 0 fully saturated rings. The number of nitrogens with one attached hydrogen (secondary N) is 2. The molecule has 0 unspecified atom stereocenters. The highest BCUT2D eigenvalue weighted by Crippen LogP contribution is 2.30. The standard InChI is InChI=1S/C19H25N3O5/c1-4-25-16-9-8-14(11-17(16)26-5-2)20-19(24)21-18(23)13-22(3)12-15-7-6-10-27-15/h6-11H,4-5,12-13H2,1-3H3,(H2,20,21,23,24). The topological polar surface area (TPSA) is 93.0 Å². The average molecular weight is 375 g/mol. The van der Waals surface area contributed by atoms with Gasteiger partial charge in [-0.15, -0.1) is 0 Å². The smallest absolute Gasteiger partial charge is 0.325 e. The van der Waals surface area contributed by atoms with Gasteiger partial charge >= 0.3 is 6.03 Å². The minimum atomic E-state index is -0.613. The third-order valence-electron chi connectivity index (χ3n) is 3.47. The lowest BCUT2D eigenvalue weighted by molar-refractivity contribution is -0.120. The molecule has 0 aliphatic heterocycles. The number of nitrogens with zero attached hydrogens (tertiary/aromatic N) is 1. The van der Waals surface area contributed by atoms with E-state index in [0.29, 0.717) is 36.9 Å². The summed E-state index contributed by atoms with van der Waals surface area (Å²) in [6.45, 7) is 5.24. The van der Waals surface area contributed by atoms with E-state index in [2.05, 4.69) is 10.6 Å². The van der Waals surface area contributed by atoms with Gasteiger partial charge < -0.3 is 19.2 Å². The van der Waals surface area contributed by atoms with Crippen molar-refractivity contribution in [3.8, 4) is 11.5 Å². The average Bonchev–Trinajstić information content (AvgIpc) is 3.10. The molecule has 0 saturated carbocycles. The van der Waals surface area contributed by atoms with Crippen LogP contribution in [-0.2, 0) is 11.3 Å². The molecule has 1 aromatic heterocycles. The number of urea groups is 1. The molecule has 0 atom stereocenters. The van der Waals surface area contributed by atoms with Crippen molar-refractivity contribution in [1.29, 1.82) is 0 Å². The molecule has 1 aromatic carbocycles. The number of likely N-dealkylation sites (N-methyl/N-ethyl adjacent to an activating group) is 1. The van der Waals surface area contributed by atoms with Crippen LogP contribution in [-0.4, -0.2) is 43.6 Å². The lowest BCUT2D eigenvalue weighted by Crippen LogP contribution is -2.40. The van der Waals surface area contributed by atoms with E-state index in [9.17, 15) is 9.59 Å². The second-order valence-corrected chi connectivity index (χ2v) is 5.78. The molecule has 146 valence electrons. The summed E-state index contributed by atoms with van der Waals surface area (Å²) < 4.78 is 16.2. The lowest BCUT2D eigenvalue weighted by Gasteiger charge is -2.15. The van der Waals surface area contributed by atoms with E-state index in [1.165, 1.54) is 0 Å². The Labute approximate surface area is 158 Å². The molecular formula is C19H25N3O5. The Bertz CT molecular complexity index is 746. The monoisotopic (exact) mass is 375 g/mol. The van der Waals surface area contributed by atoms with Crippen molar-refractivity contribution in [3.63, 3.8) is 0 Å². The number of imide groups is 1. The van der Waals surface area contributed by atoms with Crippen LogP contribution in [0.5, 0.6) is 11.5 Å². The summed E-state index contributed by atoms with van der Waals surface area (Å²) >= 11 is 0. The quantitative estimate of drug-likeness (QED) is 0.700. The molecule has 0 radical (unpaired) electrons. The van der Waals surface area contributed by atoms with Gasteiger partial charge in [-0.25, -0.2) is 4.79 Å². The highest BCUT2D eigenvalue weighted by atomic mass is 16.5. The summed E-state index contributed by atoms with van der Waals surface area (Å²) in [5, 5.41) is 4.91.